The van der Waals surface area contributed by atoms with Gasteiger partial charge in [0, 0.05) is 13.1 Å². The zero-order valence-electron chi connectivity index (χ0n) is 10.1. The molecule has 1 aliphatic carbocycles. The smallest absolute Gasteiger partial charge is 0.191 e. The minimum Gasteiger partial charge on any atom is -0.375 e. The van der Waals surface area contributed by atoms with E-state index >= 15 is 0 Å². The predicted octanol–water partition coefficient (Wildman–Crippen LogP) is 1.44. The average molecular weight is 339 g/mol. The summed E-state index contributed by atoms with van der Waals surface area (Å²) in [5.74, 6) is 1.49. The van der Waals surface area contributed by atoms with Gasteiger partial charge in [0.2, 0.25) is 0 Å². The molecule has 1 aliphatic heterocycles. The molecule has 5 heteroatoms. The van der Waals surface area contributed by atoms with Gasteiger partial charge in [-0.25, -0.2) is 4.99 Å². The number of guanidine groups is 1. The molecule has 16 heavy (non-hydrogen) atoms. The SMILES string of the molecule is CC[C@@H]1C[C@H]1N=C(N)N1CCOC(C)C1.I. The molecule has 2 fully saturated rings. The predicted molar refractivity (Wildman–Crippen MR) is 76.2 cm³/mol. The van der Waals surface area contributed by atoms with Crippen LogP contribution < -0.4 is 5.73 Å². The van der Waals surface area contributed by atoms with Crippen LogP contribution in [0.2, 0.25) is 0 Å². The molecule has 0 spiro atoms. The summed E-state index contributed by atoms with van der Waals surface area (Å²) in [5.41, 5.74) is 5.99. The molecule has 1 saturated carbocycles. The Bertz CT molecular complexity index is 260. The maximum Gasteiger partial charge on any atom is 0.191 e. The van der Waals surface area contributed by atoms with Crippen molar-refractivity contribution in [2.45, 2.75) is 38.8 Å². The molecular weight excluding hydrogens is 317 g/mol. The molecule has 1 saturated heterocycles. The minimum atomic E-state index is 0. The molecule has 3 atom stereocenters. The van der Waals surface area contributed by atoms with Crippen LogP contribution in [0.15, 0.2) is 4.99 Å². The molecule has 0 aromatic heterocycles. The third-order valence-electron chi connectivity index (χ3n) is 3.27. The van der Waals surface area contributed by atoms with Crippen molar-refractivity contribution >= 4 is 29.9 Å². The molecule has 2 N–H and O–H groups in total. The highest BCUT2D eigenvalue weighted by atomic mass is 127. The summed E-state index contributed by atoms with van der Waals surface area (Å²) in [6.07, 6.45) is 2.71. The van der Waals surface area contributed by atoms with Crippen LogP contribution in [0.4, 0.5) is 0 Å². The van der Waals surface area contributed by atoms with Gasteiger partial charge in [0.15, 0.2) is 5.96 Å². The topological polar surface area (TPSA) is 50.8 Å². The number of morpholine rings is 1. The number of aliphatic imine (C=N–C) groups is 1. The lowest BCUT2D eigenvalue weighted by molar-refractivity contribution is 0.00527. The van der Waals surface area contributed by atoms with Gasteiger partial charge in [0.25, 0.3) is 0 Å². The van der Waals surface area contributed by atoms with Gasteiger partial charge < -0.3 is 15.4 Å². The Hall–Kier alpha value is -0.0400. The van der Waals surface area contributed by atoms with E-state index in [2.05, 4.69) is 23.7 Å². The van der Waals surface area contributed by atoms with E-state index in [1.165, 1.54) is 12.8 Å². The maximum atomic E-state index is 5.99. The second kappa shape index (κ2) is 6.05. The monoisotopic (exact) mass is 339 g/mol. The van der Waals surface area contributed by atoms with Crippen LogP contribution in [-0.2, 0) is 4.74 Å². The molecule has 94 valence electrons. The van der Waals surface area contributed by atoms with Crippen molar-refractivity contribution in [1.82, 2.24) is 4.90 Å². The summed E-state index contributed by atoms with van der Waals surface area (Å²) in [5, 5.41) is 0. The lowest BCUT2D eigenvalue weighted by Crippen LogP contribution is -2.48. The summed E-state index contributed by atoms with van der Waals surface area (Å²) < 4.78 is 5.47. The lowest BCUT2D eigenvalue weighted by atomic mass is 10.3. The first-order chi connectivity index (χ1) is 7.20. The third kappa shape index (κ3) is 3.48. The first kappa shape index (κ1) is 14.0. The molecule has 0 aromatic rings. The Labute approximate surface area is 115 Å². The minimum absolute atomic E-state index is 0. The summed E-state index contributed by atoms with van der Waals surface area (Å²) >= 11 is 0. The standard InChI is InChI=1S/C11H21N3O.HI/c1-3-9-6-10(9)13-11(12)14-4-5-15-8(2)7-14;/h8-10H,3-7H2,1-2H3,(H2,12,13);1H/t8?,9-,10-;/m1./s1. The van der Waals surface area contributed by atoms with Gasteiger partial charge in [-0.2, -0.15) is 0 Å². The number of ether oxygens (including phenoxy) is 1. The quantitative estimate of drug-likeness (QED) is 0.471. The highest BCUT2D eigenvalue weighted by Gasteiger charge is 2.35. The number of nitrogens with two attached hydrogens (primary N) is 1. The van der Waals surface area contributed by atoms with E-state index < -0.39 is 0 Å². The molecule has 4 nitrogen and oxygen atoms in total. The van der Waals surface area contributed by atoms with Gasteiger partial charge in [-0.1, -0.05) is 13.3 Å². The number of hydrogen-bond acceptors (Lipinski definition) is 2. The molecule has 0 aromatic carbocycles. The van der Waals surface area contributed by atoms with Crippen molar-refractivity contribution in [1.29, 1.82) is 0 Å². The Morgan fingerprint density at radius 3 is 2.88 bits per heavy atom. The first-order valence-corrected chi connectivity index (χ1v) is 5.90. The third-order valence-corrected chi connectivity index (χ3v) is 3.27. The van der Waals surface area contributed by atoms with Crippen LogP contribution in [0.5, 0.6) is 0 Å². The van der Waals surface area contributed by atoms with Crippen molar-refractivity contribution in [2.24, 2.45) is 16.6 Å². The van der Waals surface area contributed by atoms with E-state index in [0.29, 0.717) is 12.0 Å². The van der Waals surface area contributed by atoms with Crippen LogP contribution >= 0.6 is 24.0 Å². The Morgan fingerprint density at radius 1 is 1.56 bits per heavy atom. The number of halogens is 1. The van der Waals surface area contributed by atoms with E-state index in [1.807, 2.05) is 0 Å². The van der Waals surface area contributed by atoms with Crippen molar-refractivity contribution in [3.05, 3.63) is 0 Å². The van der Waals surface area contributed by atoms with Gasteiger partial charge in [-0.3, -0.25) is 0 Å². The molecule has 1 heterocycles. The highest BCUT2D eigenvalue weighted by molar-refractivity contribution is 14.0. The molecule has 0 amide bonds. The van der Waals surface area contributed by atoms with Gasteiger partial charge in [0.1, 0.15) is 0 Å². The van der Waals surface area contributed by atoms with Crippen molar-refractivity contribution < 1.29 is 4.74 Å². The fraction of sp³-hybridized carbons (Fsp3) is 0.909. The molecule has 2 rings (SSSR count). The van der Waals surface area contributed by atoms with Crippen LogP contribution in [0, 0.1) is 5.92 Å². The Morgan fingerprint density at radius 2 is 2.31 bits per heavy atom. The van der Waals surface area contributed by atoms with Gasteiger partial charge in [-0.15, -0.1) is 24.0 Å². The van der Waals surface area contributed by atoms with Gasteiger partial charge in [-0.05, 0) is 19.3 Å². The lowest BCUT2D eigenvalue weighted by Gasteiger charge is -2.31. The molecular formula is C11H22IN3O. The average Bonchev–Trinajstić information content (AvgIpc) is 2.96. The summed E-state index contributed by atoms with van der Waals surface area (Å²) in [6, 6.07) is 0.494. The van der Waals surface area contributed by atoms with E-state index in [-0.39, 0.29) is 30.1 Å². The fourth-order valence-corrected chi connectivity index (χ4v) is 2.11. The van der Waals surface area contributed by atoms with E-state index in [0.717, 1.165) is 25.6 Å². The second-order valence-electron chi connectivity index (χ2n) is 4.59. The van der Waals surface area contributed by atoms with Crippen LogP contribution in [-0.4, -0.2) is 42.7 Å². The van der Waals surface area contributed by atoms with Gasteiger partial charge >= 0.3 is 0 Å². The number of nitrogens with zero attached hydrogens (tertiary/aromatic N) is 2. The van der Waals surface area contributed by atoms with Crippen LogP contribution in [0.1, 0.15) is 26.7 Å². The largest absolute Gasteiger partial charge is 0.375 e. The number of hydrogen-bond donors (Lipinski definition) is 1. The van der Waals surface area contributed by atoms with Gasteiger partial charge in [0.05, 0.1) is 18.8 Å². The highest BCUT2D eigenvalue weighted by Crippen LogP contribution is 2.36. The van der Waals surface area contributed by atoms with E-state index in [4.69, 9.17) is 10.5 Å². The summed E-state index contributed by atoms with van der Waals surface area (Å²) in [7, 11) is 0. The maximum absolute atomic E-state index is 5.99. The molecule has 1 unspecified atom stereocenters. The van der Waals surface area contributed by atoms with Crippen molar-refractivity contribution in [2.75, 3.05) is 19.7 Å². The zero-order valence-corrected chi connectivity index (χ0v) is 12.4. The summed E-state index contributed by atoms with van der Waals surface area (Å²) in [6.45, 7) is 6.81. The first-order valence-electron chi connectivity index (χ1n) is 5.90. The zero-order chi connectivity index (χ0) is 10.8. The molecule has 2 aliphatic rings. The van der Waals surface area contributed by atoms with Crippen molar-refractivity contribution in [3.63, 3.8) is 0 Å². The molecule has 0 bridgehead atoms. The fourth-order valence-electron chi connectivity index (χ4n) is 2.11. The second-order valence-corrected chi connectivity index (χ2v) is 4.59. The Balaban J connectivity index is 0.00000128. The van der Waals surface area contributed by atoms with E-state index in [9.17, 15) is 0 Å². The van der Waals surface area contributed by atoms with Crippen LogP contribution in [0.25, 0.3) is 0 Å². The van der Waals surface area contributed by atoms with E-state index in [1.54, 1.807) is 0 Å². The molecule has 0 radical (unpaired) electrons. The Kier molecular flexibility index (Phi) is 5.30. The van der Waals surface area contributed by atoms with Crippen LogP contribution in [0.3, 0.4) is 0 Å². The summed E-state index contributed by atoms with van der Waals surface area (Å²) in [4.78, 5) is 6.70. The normalized spacial score (nSPS) is 34.5. The number of rotatable bonds is 2. The van der Waals surface area contributed by atoms with Crippen molar-refractivity contribution in [3.8, 4) is 0 Å².